The molecule has 2 aromatic rings. The molecule has 2 heterocycles. The Hall–Kier alpha value is -1.95. The summed E-state index contributed by atoms with van der Waals surface area (Å²) >= 11 is 0. The maximum absolute atomic E-state index is 13.2. The average Bonchev–Trinajstić information content (AvgIpc) is 3.13. The fourth-order valence-electron chi connectivity index (χ4n) is 4.17. The van der Waals surface area contributed by atoms with Gasteiger partial charge in [0.2, 0.25) is 0 Å². The zero-order valence-corrected chi connectivity index (χ0v) is 16.2. The molecule has 2 N–H and O–H groups in total. The molecular weight excluding hydrogens is 339 g/mol. The van der Waals surface area contributed by atoms with Gasteiger partial charge in [-0.3, -0.25) is 10.3 Å². The minimum absolute atomic E-state index is 0.177. The first-order valence-corrected chi connectivity index (χ1v) is 9.88. The van der Waals surface area contributed by atoms with Gasteiger partial charge in [0.25, 0.3) is 0 Å². The Morgan fingerprint density at radius 3 is 2.41 bits per heavy atom. The van der Waals surface area contributed by atoms with Crippen molar-refractivity contribution in [2.75, 3.05) is 44.2 Å². The number of piperazine rings is 1. The Labute approximate surface area is 161 Å². The highest BCUT2D eigenvalue weighted by atomic mass is 19.1. The number of halogens is 1. The fraction of sp³-hybridized carbons (Fsp3) is 0.455. The maximum Gasteiger partial charge on any atom is 0.123 e. The Kier molecular flexibility index (Phi) is 5.43. The highest BCUT2D eigenvalue weighted by molar-refractivity contribution is 5.51. The molecule has 144 valence electrons. The van der Waals surface area contributed by atoms with Crippen molar-refractivity contribution in [3.05, 3.63) is 65.0 Å². The normalized spacial score (nSPS) is 23.7. The summed E-state index contributed by atoms with van der Waals surface area (Å²) in [5.41, 5.74) is 11.9. The monoisotopic (exact) mass is 368 g/mol. The summed E-state index contributed by atoms with van der Waals surface area (Å²) in [7, 11) is 0. The van der Waals surface area contributed by atoms with Crippen LogP contribution in [0.2, 0.25) is 0 Å². The van der Waals surface area contributed by atoms with Crippen molar-refractivity contribution in [2.45, 2.75) is 19.9 Å². The number of hydrazine groups is 1. The number of rotatable bonds is 4. The minimum Gasteiger partial charge on any atom is -0.369 e. The van der Waals surface area contributed by atoms with Gasteiger partial charge in [-0.15, -0.1) is 0 Å². The molecular formula is C22H29FN4. The molecule has 0 amide bonds. The molecule has 2 aromatic carbocycles. The lowest BCUT2D eigenvalue weighted by Crippen LogP contribution is -2.48. The van der Waals surface area contributed by atoms with Crippen molar-refractivity contribution in [1.82, 2.24) is 15.8 Å². The van der Waals surface area contributed by atoms with Crippen molar-refractivity contribution in [3.8, 4) is 0 Å². The van der Waals surface area contributed by atoms with Crippen LogP contribution in [-0.2, 0) is 0 Å². The molecule has 0 aliphatic carbocycles. The molecule has 2 aliphatic heterocycles. The number of hydrogen-bond donors (Lipinski definition) is 2. The summed E-state index contributed by atoms with van der Waals surface area (Å²) in [4.78, 5) is 5.05. The molecule has 0 aromatic heterocycles. The van der Waals surface area contributed by atoms with E-state index in [1.807, 2.05) is 12.1 Å². The number of nitrogens with one attached hydrogen (secondary N) is 2. The van der Waals surface area contributed by atoms with E-state index in [0.717, 1.165) is 44.8 Å². The number of anilines is 1. The van der Waals surface area contributed by atoms with Gasteiger partial charge in [-0.05, 0) is 54.8 Å². The largest absolute Gasteiger partial charge is 0.369 e. The van der Waals surface area contributed by atoms with Crippen LogP contribution in [0.4, 0.5) is 10.1 Å². The van der Waals surface area contributed by atoms with E-state index in [0.29, 0.717) is 5.92 Å². The van der Waals surface area contributed by atoms with E-state index in [1.54, 1.807) is 12.1 Å². The first kappa shape index (κ1) is 18.4. The standard InChI is InChI=1S/C22H29FN4/c1-16-3-8-21(13-17(16)2)27-11-9-26(10-12-27)15-19-14-24-25-22(19)18-4-6-20(23)7-5-18/h3-8,13,19,22,24-25H,9-12,14-15H2,1-2H3. The number of benzene rings is 2. The predicted molar refractivity (Wildman–Crippen MR) is 108 cm³/mol. The minimum atomic E-state index is -0.177. The fourth-order valence-corrected chi connectivity index (χ4v) is 4.17. The van der Waals surface area contributed by atoms with Gasteiger partial charge < -0.3 is 4.90 Å². The Morgan fingerprint density at radius 1 is 0.963 bits per heavy atom. The van der Waals surface area contributed by atoms with E-state index in [1.165, 1.54) is 16.8 Å². The van der Waals surface area contributed by atoms with E-state index in [4.69, 9.17) is 0 Å². The Morgan fingerprint density at radius 2 is 1.70 bits per heavy atom. The van der Waals surface area contributed by atoms with Crippen molar-refractivity contribution in [2.24, 2.45) is 5.92 Å². The summed E-state index contributed by atoms with van der Waals surface area (Å²) in [6.45, 7) is 10.7. The number of hydrogen-bond acceptors (Lipinski definition) is 4. The third kappa shape index (κ3) is 4.15. The van der Waals surface area contributed by atoms with E-state index < -0.39 is 0 Å². The van der Waals surface area contributed by atoms with Gasteiger partial charge in [-0.1, -0.05) is 18.2 Å². The molecule has 0 saturated carbocycles. The van der Waals surface area contributed by atoms with Gasteiger partial charge in [0.05, 0.1) is 6.04 Å². The van der Waals surface area contributed by atoms with E-state index in [2.05, 4.69) is 52.7 Å². The molecule has 2 atom stereocenters. The Bertz CT molecular complexity index is 768. The predicted octanol–water partition coefficient (Wildman–Crippen LogP) is 3.03. The van der Waals surface area contributed by atoms with Gasteiger partial charge in [0.1, 0.15) is 5.82 Å². The summed E-state index contributed by atoms with van der Waals surface area (Å²) in [6, 6.07) is 13.9. The summed E-state index contributed by atoms with van der Waals surface area (Å²) in [5, 5.41) is 0. The van der Waals surface area contributed by atoms with Crippen molar-refractivity contribution in [3.63, 3.8) is 0 Å². The molecule has 4 nitrogen and oxygen atoms in total. The van der Waals surface area contributed by atoms with Crippen LogP contribution in [0.5, 0.6) is 0 Å². The lowest BCUT2D eigenvalue weighted by Gasteiger charge is -2.38. The first-order valence-electron chi connectivity index (χ1n) is 9.88. The van der Waals surface area contributed by atoms with Crippen LogP contribution >= 0.6 is 0 Å². The zero-order chi connectivity index (χ0) is 18.8. The van der Waals surface area contributed by atoms with Crippen LogP contribution in [0.3, 0.4) is 0 Å². The molecule has 2 saturated heterocycles. The first-order chi connectivity index (χ1) is 13.1. The molecule has 5 heteroatoms. The highest BCUT2D eigenvalue weighted by Gasteiger charge is 2.30. The van der Waals surface area contributed by atoms with E-state index in [9.17, 15) is 4.39 Å². The van der Waals surface area contributed by atoms with Gasteiger partial charge in [-0.2, -0.15) is 0 Å². The van der Waals surface area contributed by atoms with Crippen molar-refractivity contribution in [1.29, 1.82) is 0 Å². The van der Waals surface area contributed by atoms with Crippen molar-refractivity contribution >= 4 is 5.69 Å². The van der Waals surface area contributed by atoms with Gasteiger partial charge in [0, 0.05) is 50.9 Å². The summed E-state index contributed by atoms with van der Waals surface area (Å²) in [5.74, 6) is 0.312. The third-order valence-electron chi connectivity index (χ3n) is 6.04. The van der Waals surface area contributed by atoms with Gasteiger partial charge in [0.15, 0.2) is 0 Å². The summed E-state index contributed by atoms with van der Waals surface area (Å²) < 4.78 is 13.2. The van der Waals surface area contributed by atoms with Crippen LogP contribution in [0, 0.1) is 25.6 Å². The van der Waals surface area contributed by atoms with E-state index >= 15 is 0 Å². The zero-order valence-electron chi connectivity index (χ0n) is 16.2. The Balaban J connectivity index is 1.34. The molecule has 0 spiro atoms. The van der Waals surface area contributed by atoms with Crippen LogP contribution in [0.25, 0.3) is 0 Å². The van der Waals surface area contributed by atoms with Crippen molar-refractivity contribution < 1.29 is 4.39 Å². The lowest BCUT2D eigenvalue weighted by molar-refractivity contribution is 0.214. The SMILES string of the molecule is Cc1ccc(N2CCN(CC3CNNC3c3ccc(F)cc3)CC2)cc1C. The van der Waals surface area contributed by atoms with Crippen LogP contribution in [0.15, 0.2) is 42.5 Å². The number of aryl methyl sites for hydroxylation is 2. The average molecular weight is 369 g/mol. The molecule has 0 radical (unpaired) electrons. The highest BCUT2D eigenvalue weighted by Crippen LogP contribution is 2.27. The van der Waals surface area contributed by atoms with Gasteiger partial charge >= 0.3 is 0 Å². The van der Waals surface area contributed by atoms with Crippen LogP contribution in [0.1, 0.15) is 22.7 Å². The molecule has 27 heavy (non-hydrogen) atoms. The third-order valence-corrected chi connectivity index (χ3v) is 6.04. The summed E-state index contributed by atoms with van der Waals surface area (Å²) in [6.07, 6.45) is 0. The second-order valence-corrected chi connectivity index (χ2v) is 7.87. The van der Waals surface area contributed by atoms with Crippen LogP contribution < -0.4 is 15.8 Å². The topological polar surface area (TPSA) is 30.5 Å². The maximum atomic E-state index is 13.2. The molecule has 2 unspecified atom stereocenters. The molecule has 2 aliphatic rings. The second-order valence-electron chi connectivity index (χ2n) is 7.87. The van der Waals surface area contributed by atoms with Crippen LogP contribution in [-0.4, -0.2) is 44.2 Å². The smallest absolute Gasteiger partial charge is 0.123 e. The quantitative estimate of drug-likeness (QED) is 0.869. The second kappa shape index (κ2) is 7.97. The lowest BCUT2D eigenvalue weighted by atomic mass is 9.94. The number of nitrogens with zero attached hydrogens (tertiary/aromatic N) is 2. The molecule has 4 rings (SSSR count). The van der Waals surface area contributed by atoms with Gasteiger partial charge in [-0.25, -0.2) is 9.82 Å². The molecule has 2 fully saturated rings. The van der Waals surface area contributed by atoms with E-state index in [-0.39, 0.29) is 11.9 Å². The molecule has 0 bridgehead atoms.